The number of hydrogen-bond acceptors (Lipinski definition) is 6. The third-order valence-electron chi connectivity index (χ3n) is 4.96. The van der Waals surface area contributed by atoms with Gasteiger partial charge in [0.2, 0.25) is 0 Å². The molecule has 3 rings (SSSR count). The molecule has 0 saturated heterocycles. The molecule has 0 aliphatic carbocycles. The topological polar surface area (TPSA) is 65.1 Å². The highest BCUT2D eigenvalue weighted by Gasteiger charge is 2.43. The quantitative estimate of drug-likeness (QED) is 0.596. The van der Waals surface area contributed by atoms with Gasteiger partial charge in [-0.1, -0.05) is 24.3 Å². The molecule has 1 aliphatic rings. The van der Waals surface area contributed by atoms with Gasteiger partial charge in [-0.15, -0.1) is 0 Å². The van der Waals surface area contributed by atoms with Crippen LogP contribution in [0.15, 0.2) is 48.5 Å². The van der Waals surface area contributed by atoms with Crippen LogP contribution in [0.25, 0.3) is 0 Å². The summed E-state index contributed by atoms with van der Waals surface area (Å²) < 4.78 is 15.1. The van der Waals surface area contributed by atoms with Gasteiger partial charge in [0.1, 0.15) is 5.75 Å². The lowest BCUT2D eigenvalue weighted by atomic mass is 9.84. The Morgan fingerprint density at radius 2 is 1.59 bits per heavy atom. The van der Waals surface area contributed by atoms with Gasteiger partial charge in [-0.2, -0.15) is 0 Å². The number of benzene rings is 2. The molecule has 0 fully saturated rings. The molecule has 6 heteroatoms. The van der Waals surface area contributed by atoms with E-state index in [4.69, 9.17) is 14.2 Å². The largest absolute Gasteiger partial charge is 0.497 e. The maximum atomic E-state index is 12.5. The molecule has 1 aliphatic heterocycles. The minimum Gasteiger partial charge on any atom is -0.497 e. The molecule has 0 radical (unpaired) electrons. The van der Waals surface area contributed by atoms with Crippen LogP contribution in [-0.4, -0.2) is 39.8 Å². The van der Waals surface area contributed by atoms with Crippen molar-refractivity contribution < 1.29 is 23.8 Å². The van der Waals surface area contributed by atoms with E-state index in [2.05, 4.69) is 4.90 Å². The third-order valence-corrected chi connectivity index (χ3v) is 4.96. The van der Waals surface area contributed by atoms with Crippen molar-refractivity contribution in [2.75, 3.05) is 32.8 Å². The highest BCUT2D eigenvalue weighted by atomic mass is 16.5. The van der Waals surface area contributed by atoms with Gasteiger partial charge < -0.3 is 19.1 Å². The first-order valence-electron chi connectivity index (χ1n) is 8.75. The number of fused-ring (bicyclic) bond motifs is 1. The second kappa shape index (κ2) is 8.12. The van der Waals surface area contributed by atoms with Crippen LogP contribution in [0.3, 0.4) is 0 Å². The molecule has 0 N–H and O–H groups in total. The van der Waals surface area contributed by atoms with Gasteiger partial charge in [-0.05, 0) is 41.8 Å². The molecular weight excluding hydrogens is 346 g/mol. The summed E-state index contributed by atoms with van der Waals surface area (Å²) in [5.74, 6) is -1.56. The van der Waals surface area contributed by atoms with Crippen molar-refractivity contribution in [2.24, 2.45) is 5.92 Å². The van der Waals surface area contributed by atoms with Gasteiger partial charge in [-0.25, -0.2) is 0 Å². The van der Waals surface area contributed by atoms with E-state index >= 15 is 0 Å². The van der Waals surface area contributed by atoms with Gasteiger partial charge in [0, 0.05) is 12.2 Å². The molecule has 0 amide bonds. The molecule has 0 saturated carbocycles. The molecule has 1 unspecified atom stereocenters. The fourth-order valence-electron chi connectivity index (χ4n) is 3.63. The van der Waals surface area contributed by atoms with Crippen molar-refractivity contribution in [3.05, 3.63) is 59.7 Å². The summed E-state index contributed by atoms with van der Waals surface area (Å²) in [5, 5.41) is 0. The van der Waals surface area contributed by atoms with E-state index in [-0.39, 0.29) is 0 Å². The van der Waals surface area contributed by atoms with Crippen LogP contribution in [0.5, 0.6) is 5.75 Å². The molecule has 1 atom stereocenters. The molecule has 142 valence electrons. The molecular formula is C21H23NO5. The van der Waals surface area contributed by atoms with Gasteiger partial charge in [0.25, 0.3) is 0 Å². The SMILES string of the molecule is COC(=O)C(C(=O)OC)C1c2ccccc2CCN1c1ccc(OC)cc1. The number of rotatable bonds is 5. The van der Waals surface area contributed by atoms with E-state index in [1.807, 2.05) is 48.5 Å². The average molecular weight is 369 g/mol. The summed E-state index contributed by atoms with van der Waals surface area (Å²) in [7, 11) is 4.18. The first-order chi connectivity index (χ1) is 13.1. The molecule has 6 nitrogen and oxygen atoms in total. The second-order valence-corrected chi connectivity index (χ2v) is 6.31. The zero-order valence-corrected chi connectivity index (χ0v) is 15.7. The fourth-order valence-corrected chi connectivity index (χ4v) is 3.63. The number of carbonyl (C=O) groups is 2. The lowest BCUT2D eigenvalue weighted by Crippen LogP contribution is -2.45. The van der Waals surface area contributed by atoms with Gasteiger partial charge in [0.15, 0.2) is 5.92 Å². The minimum atomic E-state index is -1.08. The number of carbonyl (C=O) groups excluding carboxylic acids is 2. The Bertz CT molecular complexity index is 802. The molecule has 2 aromatic carbocycles. The third kappa shape index (κ3) is 3.60. The Balaban J connectivity index is 2.11. The number of ether oxygens (including phenoxy) is 3. The molecule has 0 spiro atoms. The highest BCUT2D eigenvalue weighted by Crippen LogP contribution is 2.39. The van der Waals surface area contributed by atoms with Crippen molar-refractivity contribution >= 4 is 17.6 Å². The zero-order chi connectivity index (χ0) is 19.4. The van der Waals surface area contributed by atoms with Crippen LogP contribution in [0, 0.1) is 5.92 Å². The fraction of sp³-hybridized carbons (Fsp3) is 0.333. The van der Waals surface area contributed by atoms with Crippen molar-refractivity contribution in [3.63, 3.8) is 0 Å². The van der Waals surface area contributed by atoms with E-state index in [0.29, 0.717) is 6.54 Å². The number of esters is 2. The normalized spacial score (nSPS) is 15.9. The summed E-state index contributed by atoms with van der Waals surface area (Å²) >= 11 is 0. The van der Waals surface area contributed by atoms with Crippen molar-refractivity contribution in [3.8, 4) is 5.75 Å². The van der Waals surface area contributed by atoms with Crippen LogP contribution >= 0.6 is 0 Å². The first-order valence-corrected chi connectivity index (χ1v) is 8.75. The Kier molecular flexibility index (Phi) is 5.64. The smallest absolute Gasteiger partial charge is 0.322 e. The van der Waals surface area contributed by atoms with Crippen molar-refractivity contribution in [1.82, 2.24) is 0 Å². The van der Waals surface area contributed by atoms with Crippen LogP contribution in [-0.2, 0) is 25.5 Å². The zero-order valence-electron chi connectivity index (χ0n) is 15.7. The Morgan fingerprint density at radius 1 is 0.963 bits per heavy atom. The van der Waals surface area contributed by atoms with Gasteiger partial charge >= 0.3 is 11.9 Å². The van der Waals surface area contributed by atoms with E-state index < -0.39 is 23.9 Å². The maximum Gasteiger partial charge on any atom is 0.322 e. The van der Waals surface area contributed by atoms with Crippen molar-refractivity contribution in [2.45, 2.75) is 12.5 Å². The van der Waals surface area contributed by atoms with Crippen LogP contribution in [0.2, 0.25) is 0 Å². The Morgan fingerprint density at radius 3 is 2.19 bits per heavy atom. The lowest BCUT2D eigenvalue weighted by Gasteiger charge is -2.41. The second-order valence-electron chi connectivity index (χ2n) is 6.31. The summed E-state index contributed by atoms with van der Waals surface area (Å²) in [6.07, 6.45) is 0.813. The van der Waals surface area contributed by atoms with E-state index in [1.165, 1.54) is 14.2 Å². The minimum absolute atomic E-state index is 0.511. The number of anilines is 1. The molecule has 0 bridgehead atoms. The van der Waals surface area contributed by atoms with Crippen LogP contribution in [0.1, 0.15) is 17.2 Å². The number of nitrogens with zero attached hydrogens (tertiary/aromatic N) is 1. The molecule has 1 heterocycles. The van der Waals surface area contributed by atoms with Crippen LogP contribution in [0.4, 0.5) is 5.69 Å². The van der Waals surface area contributed by atoms with Gasteiger partial charge in [-0.3, -0.25) is 9.59 Å². The van der Waals surface area contributed by atoms with E-state index in [0.717, 1.165) is 29.0 Å². The summed E-state index contributed by atoms with van der Waals surface area (Å²) in [5.41, 5.74) is 2.94. The first kappa shape index (κ1) is 18.8. The predicted molar refractivity (Wildman–Crippen MR) is 101 cm³/mol. The standard InChI is InChI=1S/C21H23NO5/c1-25-16-10-8-15(9-11-16)22-13-12-14-6-4-5-7-17(14)19(22)18(20(23)26-2)21(24)27-3/h4-11,18-19H,12-13H2,1-3H3. The average Bonchev–Trinajstić information content (AvgIpc) is 2.73. The molecule has 0 aromatic heterocycles. The van der Waals surface area contributed by atoms with Gasteiger partial charge in [0.05, 0.1) is 27.4 Å². The molecule has 2 aromatic rings. The monoisotopic (exact) mass is 369 g/mol. The predicted octanol–water partition coefficient (Wildman–Crippen LogP) is 2.76. The summed E-state index contributed by atoms with van der Waals surface area (Å²) in [4.78, 5) is 27.1. The number of hydrogen-bond donors (Lipinski definition) is 0. The Hall–Kier alpha value is -3.02. The van der Waals surface area contributed by atoms with E-state index in [1.54, 1.807) is 7.11 Å². The lowest BCUT2D eigenvalue weighted by molar-refractivity contribution is -0.160. The van der Waals surface area contributed by atoms with Crippen molar-refractivity contribution in [1.29, 1.82) is 0 Å². The van der Waals surface area contributed by atoms with E-state index in [9.17, 15) is 9.59 Å². The number of methoxy groups -OCH3 is 3. The van der Waals surface area contributed by atoms with Crippen LogP contribution < -0.4 is 9.64 Å². The maximum absolute atomic E-state index is 12.5. The molecule has 27 heavy (non-hydrogen) atoms. The summed E-state index contributed by atoms with van der Waals surface area (Å²) in [6, 6.07) is 14.9. The highest BCUT2D eigenvalue weighted by molar-refractivity contribution is 5.96. The summed E-state index contributed by atoms with van der Waals surface area (Å²) in [6.45, 7) is 0.665. The Labute approximate surface area is 158 Å².